The molecule has 1 nitrogen and oxygen atoms in total. The average molecular weight is 274 g/mol. The fourth-order valence-corrected chi connectivity index (χ4v) is 5.52. The zero-order chi connectivity index (χ0) is 13.9. The van der Waals surface area contributed by atoms with Crippen molar-refractivity contribution in [2.24, 2.45) is 17.3 Å². The molecule has 2 fully saturated rings. The van der Waals surface area contributed by atoms with Gasteiger partial charge in [0.1, 0.15) is 5.82 Å². The van der Waals surface area contributed by atoms with E-state index in [1.807, 2.05) is 6.07 Å². The molecule has 1 N–H and O–H groups in total. The number of aliphatic hydroxyl groups is 1. The highest BCUT2D eigenvalue weighted by Crippen LogP contribution is 2.60. The maximum atomic E-state index is 13.4. The van der Waals surface area contributed by atoms with Crippen LogP contribution in [0.15, 0.2) is 18.2 Å². The highest BCUT2D eigenvalue weighted by Gasteiger charge is 2.54. The number of benzene rings is 1. The van der Waals surface area contributed by atoms with Crippen molar-refractivity contribution in [3.8, 4) is 0 Å². The van der Waals surface area contributed by atoms with Crippen LogP contribution in [0.1, 0.15) is 56.1 Å². The van der Waals surface area contributed by atoms with E-state index in [4.69, 9.17) is 0 Å². The number of hydrogen-bond donors (Lipinski definition) is 1. The van der Waals surface area contributed by atoms with Crippen molar-refractivity contribution < 1.29 is 9.50 Å². The third-order valence-electron chi connectivity index (χ3n) is 6.64. The van der Waals surface area contributed by atoms with Crippen LogP contribution in [0.5, 0.6) is 0 Å². The Hall–Kier alpha value is -0.890. The molecule has 2 saturated carbocycles. The van der Waals surface area contributed by atoms with Gasteiger partial charge in [-0.3, -0.25) is 0 Å². The second-order valence-corrected chi connectivity index (χ2v) is 7.40. The van der Waals surface area contributed by atoms with Gasteiger partial charge in [0, 0.05) is 0 Å². The minimum atomic E-state index is -0.108. The van der Waals surface area contributed by atoms with Crippen LogP contribution in [-0.4, -0.2) is 11.2 Å². The van der Waals surface area contributed by atoms with Gasteiger partial charge in [-0.1, -0.05) is 13.0 Å². The molecule has 0 aliphatic heterocycles. The normalized spacial score (nSPS) is 42.8. The number of aryl methyl sites for hydroxylation is 1. The summed E-state index contributed by atoms with van der Waals surface area (Å²) in [6.07, 6.45) is 6.51. The zero-order valence-electron chi connectivity index (χ0n) is 12.1. The van der Waals surface area contributed by atoms with Gasteiger partial charge in [0.05, 0.1) is 6.10 Å². The van der Waals surface area contributed by atoms with Gasteiger partial charge in [0.15, 0.2) is 0 Å². The highest BCUT2D eigenvalue weighted by molar-refractivity contribution is 5.35. The lowest BCUT2D eigenvalue weighted by atomic mass is 9.55. The molecule has 0 aromatic heterocycles. The van der Waals surface area contributed by atoms with Crippen molar-refractivity contribution >= 4 is 0 Å². The van der Waals surface area contributed by atoms with Crippen LogP contribution in [-0.2, 0) is 6.42 Å². The smallest absolute Gasteiger partial charge is 0.123 e. The molecule has 0 radical (unpaired) electrons. The van der Waals surface area contributed by atoms with E-state index in [-0.39, 0.29) is 17.3 Å². The maximum absolute atomic E-state index is 13.4. The Bertz CT molecular complexity index is 540. The van der Waals surface area contributed by atoms with Crippen molar-refractivity contribution in [1.82, 2.24) is 0 Å². The van der Waals surface area contributed by atoms with Gasteiger partial charge in [-0.15, -0.1) is 0 Å². The third kappa shape index (κ3) is 1.64. The molecule has 3 unspecified atom stereocenters. The highest BCUT2D eigenvalue weighted by atomic mass is 19.1. The SMILES string of the molecule is C[C@]12CCC3c4ccc(F)cc4CCC3C1CC[C@@H]2O. The summed E-state index contributed by atoms with van der Waals surface area (Å²) in [4.78, 5) is 0. The van der Waals surface area contributed by atoms with E-state index in [0.717, 1.165) is 25.7 Å². The number of aliphatic hydroxyl groups excluding tert-OH is 1. The summed E-state index contributed by atoms with van der Waals surface area (Å²) < 4.78 is 13.4. The van der Waals surface area contributed by atoms with Gasteiger partial charge < -0.3 is 5.11 Å². The van der Waals surface area contributed by atoms with Gasteiger partial charge >= 0.3 is 0 Å². The molecule has 20 heavy (non-hydrogen) atoms. The van der Waals surface area contributed by atoms with Crippen molar-refractivity contribution in [2.45, 2.75) is 57.5 Å². The fraction of sp³-hybridized carbons (Fsp3) is 0.667. The number of rotatable bonds is 0. The summed E-state index contributed by atoms with van der Waals surface area (Å²) in [6.45, 7) is 2.30. The predicted molar refractivity (Wildman–Crippen MR) is 77.0 cm³/mol. The molecular formula is C18H23FO. The Morgan fingerprint density at radius 2 is 2.05 bits per heavy atom. The van der Waals surface area contributed by atoms with Gasteiger partial charge in [0.2, 0.25) is 0 Å². The molecule has 1 aromatic carbocycles. The second kappa shape index (κ2) is 4.30. The quantitative estimate of drug-likeness (QED) is 0.757. The molecule has 3 aliphatic rings. The van der Waals surface area contributed by atoms with E-state index < -0.39 is 0 Å². The molecule has 2 heteroatoms. The molecule has 5 atom stereocenters. The number of hydrogen-bond acceptors (Lipinski definition) is 1. The molecule has 0 heterocycles. The summed E-state index contributed by atoms with van der Waals surface area (Å²) >= 11 is 0. The maximum Gasteiger partial charge on any atom is 0.123 e. The lowest BCUT2D eigenvalue weighted by Gasteiger charge is -2.50. The topological polar surface area (TPSA) is 20.2 Å². The Labute approximate surface area is 120 Å². The Morgan fingerprint density at radius 3 is 2.90 bits per heavy atom. The first-order valence-corrected chi connectivity index (χ1v) is 8.06. The van der Waals surface area contributed by atoms with Crippen molar-refractivity contribution in [1.29, 1.82) is 0 Å². The summed E-state index contributed by atoms with van der Waals surface area (Å²) in [5, 5.41) is 10.4. The van der Waals surface area contributed by atoms with Gasteiger partial charge in [-0.25, -0.2) is 4.39 Å². The first-order chi connectivity index (χ1) is 9.59. The largest absolute Gasteiger partial charge is 0.393 e. The Balaban J connectivity index is 1.71. The molecular weight excluding hydrogens is 251 g/mol. The fourth-order valence-electron chi connectivity index (χ4n) is 5.52. The van der Waals surface area contributed by atoms with Crippen LogP contribution in [0.25, 0.3) is 0 Å². The van der Waals surface area contributed by atoms with Crippen LogP contribution >= 0.6 is 0 Å². The zero-order valence-corrected chi connectivity index (χ0v) is 12.1. The molecule has 3 aliphatic carbocycles. The van der Waals surface area contributed by atoms with E-state index in [1.165, 1.54) is 24.0 Å². The van der Waals surface area contributed by atoms with Crippen LogP contribution in [0.2, 0.25) is 0 Å². The standard InChI is InChI=1S/C18H23FO/c1-18-9-8-14-13-5-3-12(19)10-11(13)2-4-15(14)16(18)6-7-17(18)20/h3,5,10,14-17,20H,2,4,6-9H2,1H3/t14?,15?,16?,17-,18-/m0/s1. The Morgan fingerprint density at radius 1 is 1.20 bits per heavy atom. The van der Waals surface area contributed by atoms with Crippen molar-refractivity contribution in [3.05, 3.63) is 35.1 Å². The summed E-state index contributed by atoms with van der Waals surface area (Å²) in [5.74, 6) is 1.86. The van der Waals surface area contributed by atoms with E-state index in [0.29, 0.717) is 17.8 Å². The monoisotopic (exact) mass is 274 g/mol. The van der Waals surface area contributed by atoms with Crippen LogP contribution in [0, 0.1) is 23.1 Å². The summed E-state index contributed by atoms with van der Waals surface area (Å²) in [5.41, 5.74) is 2.76. The first-order valence-electron chi connectivity index (χ1n) is 8.06. The number of fused-ring (bicyclic) bond motifs is 5. The van der Waals surface area contributed by atoms with Crippen molar-refractivity contribution in [3.63, 3.8) is 0 Å². The van der Waals surface area contributed by atoms with E-state index in [2.05, 4.69) is 6.92 Å². The third-order valence-corrected chi connectivity index (χ3v) is 6.64. The average Bonchev–Trinajstić information content (AvgIpc) is 2.74. The molecule has 4 rings (SSSR count). The molecule has 108 valence electrons. The van der Waals surface area contributed by atoms with Crippen LogP contribution < -0.4 is 0 Å². The lowest BCUT2D eigenvalue weighted by molar-refractivity contribution is -0.0226. The minimum absolute atomic E-state index is 0.0980. The lowest BCUT2D eigenvalue weighted by Crippen LogP contribution is -2.43. The summed E-state index contributed by atoms with van der Waals surface area (Å²) in [7, 11) is 0. The van der Waals surface area contributed by atoms with Gasteiger partial charge in [-0.2, -0.15) is 0 Å². The Kier molecular flexibility index (Phi) is 2.76. The van der Waals surface area contributed by atoms with Crippen LogP contribution in [0.4, 0.5) is 4.39 Å². The van der Waals surface area contributed by atoms with E-state index in [9.17, 15) is 9.50 Å². The predicted octanol–water partition coefficient (Wildman–Crippen LogP) is 4.04. The van der Waals surface area contributed by atoms with Gasteiger partial charge in [-0.05, 0) is 85.0 Å². The van der Waals surface area contributed by atoms with Crippen LogP contribution in [0.3, 0.4) is 0 Å². The van der Waals surface area contributed by atoms with E-state index >= 15 is 0 Å². The molecule has 0 amide bonds. The molecule has 0 spiro atoms. The number of halogens is 1. The molecule has 0 saturated heterocycles. The minimum Gasteiger partial charge on any atom is -0.393 e. The van der Waals surface area contributed by atoms with Crippen molar-refractivity contribution in [2.75, 3.05) is 0 Å². The van der Waals surface area contributed by atoms with Gasteiger partial charge in [0.25, 0.3) is 0 Å². The first kappa shape index (κ1) is 12.8. The molecule has 1 aromatic rings. The summed E-state index contributed by atoms with van der Waals surface area (Å²) in [6, 6.07) is 5.39. The second-order valence-electron chi connectivity index (χ2n) is 7.40. The van der Waals surface area contributed by atoms with E-state index in [1.54, 1.807) is 12.1 Å². The molecule has 0 bridgehead atoms.